The van der Waals surface area contributed by atoms with Crippen molar-refractivity contribution in [3.05, 3.63) is 130 Å². The van der Waals surface area contributed by atoms with Gasteiger partial charge in [-0.2, -0.15) is 0 Å². The normalized spacial score (nSPS) is 12.6. The maximum absolute atomic E-state index is 13.3. The minimum Gasteiger partial charge on any atom is -0.497 e. The van der Waals surface area contributed by atoms with Gasteiger partial charge in [-0.1, -0.05) is 83.9 Å². The van der Waals surface area contributed by atoms with E-state index < -0.39 is 11.7 Å². The number of aryl methyl sites for hydroxylation is 2. The molecule has 1 unspecified atom stereocenters. The molecule has 8 heteroatoms. The van der Waals surface area contributed by atoms with Crippen molar-refractivity contribution in [3.8, 4) is 5.75 Å². The summed E-state index contributed by atoms with van der Waals surface area (Å²) >= 11 is 0. The highest BCUT2D eigenvalue weighted by Gasteiger charge is 2.23. The van der Waals surface area contributed by atoms with Gasteiger partial charge in [0.25, 0.3) is 0 Å². The van der Waals surface area contributed by atoms with Gasteiger partial charge in [0, 0.05) is 6.54 Å². The SMILES string of the molecule is COc1ccc(CC(=O)NCC(Cc2ccc(C)cc2)n2c(=NC(=O)OC(C)(C)C)n(Cc3ccc(C)cc3)c3ccccc32)cc1. The van der Waals surface area contributed by atoms with E-state index in [4.69, 9.17) is 9.47 Å². The van der Waals surface area contributed by atoms with Gasteiger partial charge in [0.05, 0.1) is 37.2 Å². The second kappa shape index (κ2) is 14.5. The first-order valence-corrected chi connectivity index (χ1v) is 16.0. The van der Waals surface area contributed by atoms with Crippen molar-refractivity contribution in [1.29, 1.82) is 0 Å². The lowest BCUT2D eigenvalue weighted by Gasteiger charge is -2.22. The minimum atomic E-state index is -0.712. The highest BCUT2D eigenvalue weighted by atomic mass is 16.6. The largest absolute Gasteiger partial charge is 0.497 e. The highest BCUT2D eigenvalue weighted by Crippen LogP contribution is 2.23. The number of nitrogens with zero attached hydrogens (tertiary/aromatic N) is 3. The number of hydrogen-bond donors (Lipinski definition) is 1. The van der Waals surface area contributed by atoms with Crippen LogP contribution in [0.25, 0.3) is 11.0 Å². The lowest BCUT2D eigenvalue weighted by atomic mass is 10.0. The van der Waals surface area contributed by atoms with Gasteiger partial charge in [-0.15, -0.1) is 4.99 Å². The fourth-order valence-corrected chi connectivity index (χ4v) is 5.59. The Morgan fingerprint density at radius 2 is 1.36 bits per heavy atom. The molecule has 4 aromatic carbocycles. The number of aromatic nitrogens is 2. The van der Waals surface area contributed by atoms with E-state index in [1.54, 1.807) is 7.11 Å². The molecule has 8 nitrogen and oxygen atoms in total. The molecule has 1 heterocycles. The number of fused-ring (bicyclic) bond motifs is 1. The van der Waals surface area contributed by atoms with Crippen molar-refractivity contribution in [3.63, 3.8) is 0 Å². The van der Waals surface area contributed by atoms with Crippen LogP contribution in [0.3, 0.4) is 0 Å². The van der Waals surface area contributed by atoms with E-state index >= 15 is 0 Å². The van der Waals surface area contributed by atoms with Crippen LogP contribution in [0.4, 0.5) is 4.79 Å². The molecule has 244 valence electrons. The molecule has 0 aliphatic rings. The maximum atomic E-state index is 13.3. The first kappa shape index (κ1) is 33.3. The Labute approximate surface area is 276 Å². The van der Waals surface area contributed by atoms with Gasteiger partial charge < -0.3 is 23.9 Å². The Morgan fingerprint density at radius 3 is 1.96 bits per heavy atom. The second-order valence-electron chi connectivity index (χ2n) is 13.0. The van der Waals surface area contributed by atoms with Crippen LogP contribution in [0, 0.1) is 13.8 Å². The molecule has 0 radical (unpaired) electrons. The lowest BCUT2D eigenvalue weighted by molar-refractivity contribution is -0.120. The number of imidazole rings is 1. The average Bonchev–Trinajstić information content (AvgIpc) is 3.32. The number of rotatable bonds is 10. The number of methoxy groups -OCH3 is 1. The summed E-state index contributed by atoms with van der Waals surface area (Å²) in [7, 11) is 1.62. The third-order valence-electron chi connectivity index (χ3n) is 7.95. The third-order valence-corrected chi connectivity index (χ3v) is 7.95. The van der Waals surface area contributed by atoms with Crippen LogP contribution in [0.15, 0.2) is 102 Å². The Hall–Kier alpha value is -5.11. The highest BCUT2D eigenvalue weighted by molar-refractivity contribution is 5.79. The summed E-state index contributed by atoms with van der Waals surface area (Å²) in [6.07, 6.45) is 0.163. The van der Waals surface area contributed by atoms with E-state index in [0.717, 1.165) is 33.5 Å². The van der Waals surface area contributed by atoms with Crippen molar-refractivity contribution in [2.75, 3.05) is 13.7 Å². The number of benzene rings is 4. The van der Waals surface area contributed by atoms with Crippen LogP contribution < -0.4 is 15.7 Å². The second-order valence-corrected chi connectivity index (χ2v) is 13.0. The Morgan fingerprint density at radius 1 is 0.787 bits per heavy atom. The standard InChI is InChI=1S/C39H44N4O4/c1-27-11-15-29(16-12-27)23-32(25-40-36(44)24-30-19-21-33(46-6)22-20-30)43-35-10-8-7-9-34(35)42(26-31-17-13-28(2)14-18-31)37(43)41-38(45)47-39(3,4)5/h7-22,32H,23-26H2,1-6H3,(H,40,44). The van der Waals surface area contributed by atoms with Crippen molar-refractivity contribution in [2.45, 2.75) is 65.6 Å². The first-order valence-electron chi connectivity index (χ1n) is 16.0. The summed E-state index contributed by atoms with van der Waals surface area (Å²) in [4.78, 5) is 31.3. The number of ether oxygens (including phenoxy) is 2. The van der Waals surface area contributed by atoms with E-state index in [1.807, 2.05) is 69.3 Å². The van der Waals surface area contributed by atoms with Crippen LogP contribution in [-0.4, -0.2) is 40.4 Å². The third kappa shape index (κ3) is 8.79. The smallest absolute Gasteiger partial charge is 0.437 e. The molecule has 5 aromatic rings. The zero-order valence-corrected chi connectivity index (χ0v) is 28.1. The Balaban J connectivity index is 1.61. The first-order chi connectivity index (χ1) is 22.5. The summed E-state index contributed by atoms with van der Waals surface area (Å²) in [6, 6.07) is 32.0. The predicted molar refractivity (Wildman–Crippen MR) is 186 cm³/mol. The molecule has 47 heavy (non-hydrogen) atoms. The van der Waals surface area contributed by atoms with Crippen molar-refractivity contribution in [2.24, 2.45) is 4.99 Å². The number of nitrogens with one attached hydrogen (secondary N) is 1. The van der Waals surface area contributed by atoms with E-state index in [9.17, 15) is 9.59 Å². The Bertz CT molecular complexity index is 1900. The van der Waals surface area contributed by atoms with Gasteiger partial charge in [-0.05, 0) is 82.0 Å². The van der Waals surface area contributed by atoms with Gasteiger partial charge in [0.2, 0.25) is 11.5 Å². The number of hydrogen-bond acceptors (Lipinski definition) is 4. The van der Waals surface area contributed by atoms with Crippen molar-refractivity contribution < 1.29 is 19.1 Å². The van der Waals surface area contributed by atoms with Crippen LogP contribution in [-0.2, 0) is 28.9 Å². The average molecular weight is 633 g/mol. The summed E-state index contributed by atoms with van der Waals surface area (Å²) < 4.78 is 15.1. The zero-order valence-electron chi connectivity index (χ0n) is 28.1. The summed E-state index contributed by atoms with van der Waals surface area (Å²) in [5.41, 5.74) is 6.99. The van der Waals surface area contributed by atoms with Crippen LogP contribution >= 0.6 is 0 Å². The number of carbonyl (C=O) groups is 2. The van der Waals surface area contributed by atoms with Crippen LogP contribution in [0.1, 0.15) is 54.6 Å². The van der Waals surface area contributed by atoms with Gasteiger partial charge in [-0.25, -0.2) is 4.79 Å². The molecule has 1 N–H and O–H groups in total. The van der Waals surface area contributed by atoms with Crippen LogP contribution in [0.2, 0.25) is 0 Å². The molecule has 0 saturated heterocycles. The maximum Gasteiger partial charge on any atom is 0.437 e. The zero-order chi connectivity index (χ0) is 33.6. The number of carbonyl (C=O) groups excluding carboxylic acids is 2. The van der Waals surface area contributed by atoms with Gasteiger partial charge in [-0.3, -0.25) is 4.79 Å². The molecule has 0 bridgehead atoms. The van der Waals surface area contributed by atoms with Crippen molar-refractivity contribution in [1.82, 2.24) is 14.5 Å². The monoisotopic (exact) mass is 632 g/mol. The molecule has 2 amide bonds. The van der Waals surface area contributed by atoms with Gasteiger partial charge >= 0.3 is 6.09 Å². The van der Waals surface area contributed by atoms with Crippen LogP contribution in [0.5, 0.6) is 5.75 Å². The lowest BCUT2D eigenvalue weighted by Crippen LogP contribution is -2.38. The predicted octanol–water partition coefficient (Wildman–Crippen LogP) is 7.10. The molecule has 1 atom stereocenters. The molecule has 0 spiro atoms. The summed E-state index contributed by atoms with van der Waals surface area (Å²) in [5.74, 6) is 0.644. The van der Waals surface area contributed by atoms with E-state index in [0.29, 0.717) is 25.1 Å². The van der Waals surface area contributed by atoms with Crippen molar-refractivity contribution >= 4 is 23.0 Å². The molecule has 0 fully saturated rings. The van der Waals surface area contributed by atoms with E-state index in [-0.39, 0.29) is 18.4 Å². The number of para-hydroxylation sites is 2. The molecule has 5 rings (SSSR count). The fraction of sp³-hybridized carbons (Fsp3) is 0.308. The molecule has 0 aliphatic heterocycles. The van der Waals surface area contributed by atoms with E-state index in [2.05, 4.69) is 81.8 Å². The minimum absolute atomic E-state index is 0.0984. The Kier molecular flexibility index (Phi) is 10.3. The van der Waals surface area contributed by atoms with Gasteiger partial charge in [0.15, 0.2) is 0 Å². The van der Waals surface area contributed by atoms with Gasteiger partial charge in [0.1, 0.15) is 11.4 Å². The molecular formula is C39H44N4O4. The molecule has 0 saturated carbocycles. The fourth-order valence-electron chi connectivity index (χ4n) is 5.59. The number of amides is 2. The molecular weight excluding hydrogens is 588 g/mol. The topological polar surface area (TPSA) is 86.8 Å². The van der Waals surface area contributed by atoms with E-state index in [1.165, 1.54) is 11.1 Å². The summed E-state index contributed by atoms with van der Waals surface area (Å²) in [5, 5.41) is 3.18. The summed E-state index contributed by atoms with van der Waals surface area (Å²) in [6.45, 7) is 10.4. The molecule has 0 aliphatic carbocycles. The molecule has 1 aromatic heterocycles. The quantitative estimate of drug-likeness (QED) is 0.178.